The molecule has 16 heteroatoms. The van der Waals surface area contributed by atoms with Crippen molar-refractivity contribution in [3.05, 3.63) is 65.9 Å². The lowest BCUT2D eigenvalue weighted by Gasteiger charge is -2.30. The zero-order valence-corrected chi connectivity index (χ0v) is 37.2. The molecule has 2 saturated heterocycles. The standard InChI is InChI=1S/C47H58N8O8/c1-9-26(5)40(53-47(59)62-8)45(57)54-20-25(4)14-36(54)42-48-19-35(50-42)29-10-12-31-30(16-29)23-63-38-18-32-28(17-33(31)38)11-13-34-41(32)51-43(49-34)37-15-27(22-60-6)21-55(37)44(56)39(24(2)3)52-46(58)61-7/h10-13,16-19,24-27,36-37,39-40H,9,14-15,20-23H2,1-8H3,(H,48,50)(H,49,51)(H,52,58)(H,53,59)/t25-,26-,27?,36?,37-,39?,40-/m0/s1. The minimum Gasteiger partial charge on any atom is -0.488 e. The summed E-state index contributed by atoms with van der Waals surface area (Å²) in [6.45, 7) is 11.8. The molecule has 334 valence electrons. The fourth-order valence-corrected chi connectivity index (χ4v) is 9.54. The van der Waals surface area contributed by atoms with E-state index in [9.17, 15) is 19.2 Å². The van der Waals surface area contributed by atoms with E-state index in [1.165, 1.54) is 14.2 Å². The van der Waals surface area contributed by atoms with Crippen LogP contribution in [0, 0.1) is 23.7 Å². The molecule has 3 unspecified atom stereocenters. The van der Waals surface area contributed by atoms with Gasteiger partial charge < -0.3 is 49.3 Å². The molecule has 16 nitrogen and oxygen atoms in total. The summed E-state index contributed by atoms with van der Waals surface area (Å²) < 4.78 is 21.6. The van der Waals surface area contributed by atoms with E-state index in [2.05, 4.69) is 63.9 Å². The molecule has 0 spiro atoms. The van der Waals surface area contributed by atoms with Crippen LogP contribution < -0.4 is 15.4 Å². The zero-order chi connectivity index (χ0) is 44.7. The van der Waals surface area contributed by atoms with Gasteiger partial charge in [-0.05, 0) is 76.9 Å². The number of carbonyl (C=O) groups is 4. The second kappa shape index (κ2) is 17.9. The SMILES string of the molecule is CC[C@H](C)[C@H](NC(=O)OC)C(=O)N1C[C@@H](C)CC1c1ncc(-c2ccc3c(c2)COc2cc4c(ccc5[nH]c([C@@H]6CC(COC)CN6C(=O)C(NC(=O)OC)C(C)C)nc54)cc2-3)[nH]1. The van der Waals surface area contributed by atoms with Crippen LogP contribution in [0.1, 0.15) is 83.2 Å². The number of alkyl carbamates (subject to hydrolysis) is 2. The van der Waals surface area contributed by atoms with Gasteiger partial charge >= 0.3 is 12.2 Å². The number of nitrogens with zero attached hydrogens (tertiary/aromatic N) is 4. The average molecular weight is 863 g/mol. The van der Waals surface area contributed by atoms with Crippen LogP contribution in [-0.2, 0) is 30.4 Å². The number of methoxy groups -OCH3 is 3. The van der Waals surface area contributed by atoms with Gasteiger partial charge in [-0.15, -0.1) is 0 Å². The number of rotatable bonds is 12. The fraction of sp³-hybridized carbons (Fsp3) is 0.489. The lowest BCUT2D eigenvalue weighted by atomic mass is 9.92. The van der Waals surface area contributed by atoms with Gasteiger partial charge in [-0.3, -0.25) is 9.59 Å². The lowest BCUT2D eigenvalue weighted by molar-refractivity contribution is -0.136. The van der Waals surface area contributed by atoms with E-state index in [1.54, 1.807) is 7.11 Å². The summed E-state index contributed by atoms with van der Waals surface area (Å²) in [5.74, 6) is 1.93. The summed E-state index contributed by atoms with van der Waals surface area (Å²) in [6.07, 6.45) is 2.67. The van der Waals surface area contributed by atoms with Crippen molar-refractivity contribution in [2.75, 3.05) is 41.0 Å². The highest BCUT2D eigenvalue weighted by atomic mass is 16.5. The number of nitrogens with one attached hydrogen (secondary N) is 4. The smallest absolute Gasteiger partial charge is 0.407 e. The first-order chi connectivity index (χ1) is 30.3. The van der Waals surface area contributed by atoms with Gasteiger partial charge in [-0.25, -0.2) is 19.6 Å². The number of hydrogen-bond acceptors (Lipinski definition) is 10. The van der Waals surface area contributed by atoms with E-state index in [0.29, 0.717) is 44.4 Å². The van der Waals surface area contributed by atoms with E-state index in [-0.39, 0.29) is 47.6 Å². The Morgan fingerprint density at radius 1 is 0.857 bits per heavy atom. The summed E-state index contributed by atoms with van der Waals surface area (Å²) in [5.41, 5.74) is 6.51. The third-order valence-corrected chi connectivity index (χ3v) is 13.1. The maximum atomic E-state index is 14.1. The number of likely N-dealkylation sites (tertiary alicyclic amines) is 2. The molecule has 0 aliphatic carbocycles. The summed E-state index contributed by atoms with van der Waals surface area (Å²) >= 11 is 0. The number of benzene rings is 3. The third-order valence-electron chi connectivity index (χ3n) is 13.1. The number of fused-ring (bicyclic) bond motifs is 6. The molecule has 3 aliphatic heterocycles. The molecule has 63 heavy (non-hydrogen) atoms. The molecule has 8 rings (SSSR count). The number of aromatic amines is 2. The van der Waals surface area contributed by atoms with Crippen LogP contribution in [0.3, 0.4) is 0 Å². The normalized spacial score (nSPS) is 20.8. The van der Waals surface area contributed by atoms with Gasteiger partial charge in [0.15, 0.2) is 0 Å². The topological polar surface area (TPSA) is 193 Å². The molecule has 0 saturated carbocycles. The summed E-state index contributed by atoms with van der Waals surface area (Å²) in [5, 5.41) is 7.43. The third kappa shape index (κ3) is 8.40. The Morgan fingerprint density at radius 3 is 2.29 bits per heavy atom. The Bertz CT molecular complexity index is 2530. The Balaban J connectivity index is 1.05. The highest BCUT2D eigenvalue weighted by molar-refractivity contribution is 6.07. The van der Waals surface area contributed by atoms with Crippen LogP contribution in [0.25, 0.3) is 44.2 Å². The molecule has 5 aromatic rings. The van der Waals surface area contributed by atoms with Crippen molar-refractivity contribution < 1.29 is 38.1 Å². The number of carbonyl (C=O) groups excluding carboxylic acids is 4. The van der Waals surface area contributed by atoms with Gasteiger partial charge in [0.2, 0.25) is 11.8 Å². The van der Waals surface area contributed by atoms with E-state index in [4.69, 9.17) is 28.9 Å². The summed E-state index contributed by atoms with van der Waals surface area (Å²) in [7, 11) is 4.25. The minimum atomic E-state index is -0.762. The first-order valence-corrected chi connectivity index (χ1v) is 21.9. The number of hydrogen-bond donors (Lipinski definition) is 4. The zero-order valence-electron chi connectivity index (χ0n) is 37.2. The molecule has 3 aromatic carbocycles. The molecular formula is C47H58N8O8. The van der Waals surface area contributed by atoms with E-state index < -0.39 is 24.3 Å². The van der Waals surface area contributed by atoms with Crippen LogP contribution in [0.5, 0.6) is 5.75 Å². The van der Waals surface area contributed by atoms with Crippen molar-refractivity contribution in [1.29, 1.82) is 0 Å². The summed E-state index contributed by atoms with van der Waals surface area (Å²) in [4.78, 5) is 73.1. The molecule has 3 aliphatic rings. The molecule has 4 amide bonds. The lowest BCUT2D eigenvalue weighted by Crippen LogP contribution is -2.51. The Kier molecular flexibility index (Phi) is 12.4. The van der Waals surface area contributed by atoms with Gasteiger partial charge in [-0.1, -0.05) is 59.2 Å². The number of aromatic nitrogens is 4. The average Bonchev–Trinajstić information content (AvgIpc) is 4.11. The van der Waals surface area contributed by atoms with Crippen LogP contribution in [-0.4, -0.2) is 107 Å². The molecule has 5 heterocycles. The van der Waals surface area contributed by atoms with Crippen molar-refractivity contribution in [3.8, 4) is 28.1 Å². The highest BCUT2D eigenvalue weighted by Crippen LogP contribution is 2.44. The van der Waals surface area contributed by atoms with E-state index in [1.807, 2.05) is 49.8 Å². The Labute approximate surface area is 366 Å². The monoisotopic (exact) mass is 862 g/mol. The van der Waals surface area contributed by atoms with Crippen molar-refractivity contribution in [1.82, 2.24) is 40.4 Å². The minimum absolute atomic E-state index is 0.0791. The molecule has 2 aromatic heterocycles. The molecular weight excluding hydrogens is 805 g/mol. The largest absolute Gasteiger partial charge is 0.488 e. The first-order valence-electron chi connectivity index (χ1n) is 21.9. The molecule has 7 atom stereocenters. The van der Waals surface area contributed by atoms with Crippen molar-refractivity contribution in [3.63, 3.8) is 0 Å². The second-order valence-electron chi connectivity index (χ2n) is 17.8. The fourth-order valence-electron chi connectivity index (χ4n) is 9.54. The maximum absolute atomic E-state index is 14.1. The molecule has 0 radical (unpaired) electrons. The Hall–Kier alpha value is -6.16. The Morgan fingerprint density at radius 2 is 1.57 bits per heavy atom. The predicted octanol–water partition coefficient (Wildman–Crippen LogP) is 7.26. The van der Waals surface area contributed by atoms with Crippen LogP contribution in [0.15, 0.2) is 48.7 Å². The highest BCUT2D eigenvalue weighted by Gasteiger charge is 2.43. The van der Waals surface area contributed by atoms with Gasteiger partial charge in [-0.2, -0.15) is 0 Å². The van der Waals surface area contributed by atoms with Gasteiger partial charge in [0.1, 0.15) is 36.1 Å². The summed E-state index contributed by atoms with van der Waals surface area (Å²) in [6, 6.07) is 12.5. The molecule has 0 bridgehead atoms. The number of ether oxygens (including phenoxy) is 4. The predicted molar refractivity (Wildman–Crippen MR) is 237 cm³/mol. The second-order valence-corrected chi connectivity index (χ2v) is 17.8. The number of imidazole rings is 2. The van der Waals surface area contributed by atoms with Crippen molar-refractivity contribution >= 4 is 45.8 Å². The van der Waals surface area contributed by atoms with Crippen molar-refractivity contribution in [2.24, 2.45) is 23.7 Å². The van der Waals surface area contributed by atoms with Crippen LogP contribution in [0.4, 0.5) is 9.59 Å². The maximum Gasteiger partial charge on any atom is 0.407 e. The number of H-pyrrole nitrogens is 2. The van der Waals surface area contributed by atoms with Crippen molar-refractivity contribution in [2.45, 2.75) is 84.7 Å². The van der Waals surface area contributed by atoms with Gasteiger partial charge in [0.25, 0.3) is 0 Å². The molecule has 2 fully saturated rings. The van der Waals surface area contributed by atoms with Crippen LogP contribution in [0.2, 0.25) is 0 Å². The molecule has 4 N–H and O–H groups in total. The van der Waals surface area contributed by atoms with Crippen LogP contribution >= 0.6 is 0 Å². The first kappa shape index (κ1) is 43.5. The van der Waals surface area contributed by atoms with Gasteiger partial charge in [0, 0.05) is 37.1 Å². The van der Waals surface area contributed by atoms with Gasteiger partial charge in [0.05, 0.1) is 55.8 Å². The van der Waals surface area contributed by atoms with E-state index >= 15 is 0 Å². The quantitative estimate of drug-likeness (QED) is 0.0992. The number of amides is 4. The van der Waals surface area contributed by atoms with E-state index in [0.717, 1.165) is 68.3 Å².